The van der Waals surface area contributed by atoms with Gasteiger partial charge >= 0.3 is 12.1 Å². The van der Waals surface area contributed by atoms with Crippen molar-refractivity contribution in [3.05, 3.63) is 24.3 Å². The van der Waals surface area contributed by atoms with Gasteiger partial charge in [0.2, 0.25) is 5.66 Å². The molecule has 0 amide bonds. The maximum atomic E-state index is 13.4. The Kier molecular flexibility index (Phi) is 4.29. The molecule has 2 rings (SSSR count). The van der Waals surface area contributed by atoms with Crippen LogP contribution in [0.1, 0.15) is 25.7 Å². The van der Waals surface area contributed by atoms with Gasteiger partial charge in [-0.1, -0.05) is 12.1 Å². The maximum absolute atomic E-state index is 13.4. The van der Waals surface area contributed by atoms with Crippen molar-refractivity contribution < 1.29 is 22.7 Å². The molecule has 0 bridgehead atoms. The van der Waals surface area contributed by atoms with Crippen LogP contribution in [0, 0.1) is 0 Å². The molecule has 1 aromatic rings. The molecule has 1 aliphatic heterocycles. The molecule has 2 N–H and O–H groups in total. The van der Waals surface area contributed by atoms with E-state index in [9.17, 15) is 18.0 Å². The molecule has 0 atom stereocenters. The molecule has 4 nitrogen and oxygen atoms in total. The van der Waals surface area contributed by atoms with Crippen LogP contribution in [0.3, 0.4) is 0 Å². The zero-order chi connectivity index (χ0) is 15.5. The van der Waals surface area contributed by atoms with Gasteiger partial charge in [0.25, 0.3) is 0 Å². The minimum Gasteiger partial charge on any atom is -0.469 e. The molecule has 21 heavy (non-hydrogen) atoms. The quantitative estimate of drug-likeness (QED) is 0.645. The van der Waals surface area contributed by atoms with Crippen molar-refractivity contribution >= 4 is 17.3 Å². The second-order valence-corrected chi connectivity index (χ2v) is 4.98. The third kappa shape index (κ3) is 3.22. The normalized spacial score (nSPS) is 15.8. The Morgan fingerprint density at radius 3 is 2.24 bits per heavy atom. The molecule has 0 fully saturated rings. The van der Waals surface area contributed by atoms with Gasteiger partial charge in [-0.15, -0.1) is 0 Å². The second kappa shape index (κ2) is 5.83. The molecule has 0 aliphatic carbocycles. The third-order valence-electron chi connectivity index (χ3n) is 3.52. The highest BCUT2D eigenvalue weighted by molar-refractivity contribution is 5.76. The molecule has 0 unspecified atom stereocenters. The van der Waals surface area contributed by atoms with E-state index in [0.717, 1.165) is 0 Å². The number of halogens is 3. The lowest BCUT2D eigenvalue weighted by Gasteiger charge is -2.33. The van der Waals surface area contributed by atoms with Gasteiger partial charge in [0.05, 0.1) is 18.5 Å². The van der Waals surface area contributed by atoms with Crippen LogP contribution >= 0.6 is 0 Å². The number of rotatable bonds is 5. The smallest absolute Gasteiger partial charge is 0.430 e. The van der Waals surface area contributed by atoms with Gasteiger partial charge in [0.1, 0.15) is 0 Å². The highest BCUT2D eigenvalue weighted by Crippen LogP contribution is 2.45. The number of para-hydroxylation sites is 2. The van der Waals surface area contributed by atoms with E-state index in [-0.39, 0.29) is 19.3 Å². The fraction of sp³-hybridized carbons (Fsp3) is 0.500. The van der Waals surface area contributed by atoms with Crippen molar-refractivity contribution in [1.82, 2.24) is 0 Å². The number of fused-ring (bicyclic) bond motifs is 1. The summed E-state index contributed by atoms with van der Waals surface area (Å²) in [5.41, 5.74) is -1.31. The van der Waals surface area contributed by atoms with E-state index in [0.29, 0.717) is 17.8 Å². The van der Waals surface area contributed by atoms with Crippen LogP contribution in [0.4, 0.5) is 24.5 Å². The number of unbranched alkanes of at least 4 members (excludes halogenated alkanes) is 1. The molecule has 7 heteroatoms. The highest BCUT2D eigenvalue weighted by Gasteiger charge is 2.57. The molecular formula is C14H17F3N2O2. The van der Waals surface area contributed by atoms with Crippen molar-refractivity contribution in [2.75, 3.05) is 17.7 Å². The zero-order valence-electron chi connectivity index (χ0n) is 11.6. The molecule has 0 saturated carbocycles. The van der Waals surface area contributed by atoms with Gasteiger partial charge in [-0.3, -0.25) is 4.79 Å². The van der Waals surface area contributed by atoms with Crippen LogP contribution in [0.5, 0.6) is 0 Å². The minimum atomic E-state index is -4.45. The molecule has 0 saturated heterocycles. The predicted octanol–water partition coefficient (Wildman–Crippen LogP) is 3.52. The van der Waals surface area contributed by atoms with Crippen LogP contribution in [-0.2, 0) is 9.53 Å². The Balaban J connectivity index is 2.03. The summed E-state index contributed by atoms with van der Waals surface area (Å²) in [6.07, 6.45) is -3.89. The lowest BCUT2D eigenvalue weighted by Crippen LogP contribution is -2.55. The highest BCUT2D eigenvalue weighted by atomic mass is 19.4. The lowest BCUT2D eigenvalue weighted by atomic mass is 10.0. The third-order valence-corrected chi connectivity index (χ3v) is 3.52. The average molecular weight is 302 g/mol. The maximum Gasteiger partial charge on any atom is 0.430 e. The lowest BCUT2D eigenvalue weighted by molar-refractivity contribution is -0.171. The number of hydrogen-bond donors (Lipinski definition) is 2. The molecule has 116 valence electrons. The fourth-order valence-electron chi connectivity index (χ4n) is 2.36. The van der Waals surface area contributed by atoms with Crippen LogP contribution < -0.4 is 10.6 Å². The van der Waals surface area contributed by atoms with E-state index in [1.165, 1.54) is 7.11 Å². The number of hydrogen-bond acceptors (Lipinski definition) is 4. The number of nitrogens with one attached hydrogen (secondary N) is 2. The van der Waals surface area contributed by atoms with Gasteiger partial charge < -0.3 is 15.4 Å². The van der Waals surface area contributed by atoms with Crippen molar-refractivity contribution in [2.24, 2.45) is 0 Å². The summed E-state index contributed by atoms with van der Waals surface area (Å²) < 4.78 is 44.7. The number of alkyl halides is 3. The molecule has 1 aromatic carbocycles. The molecule has 0 aromatic heterocycles. The Labute approximate surface area is 120 Å². The summed E-state index contributed by atoms with van der Waals surface area (Å²) in [6, 6.07) is 6.56. The Bertz CT molecular complexity index is 492. The van der Waals surface area contributed by atoms with Crippen molar-refractivity contribution in [3.8, 4) is 0 Å². The second-order valence-electron chi connectivity index (χ2n) is 4.98. The number of methoxy groups -OCH3 is 1. The van der Waals surface area contributed by atoms with E-state index in [1.54, 1.807) is 24.3 Å². The van der Waals surface area contributed by atoms with Gasteiger partial charge in [-0.25, -0.2) is 0 Å². The number of carbonyl (C=O) groups is 1. The van der Waals surface area contributed by atoms with Crippen molar-refractivity contribution in [3.63, 3.8) is 0 Å². The van der Waals surface area contributed by atoms with Crippen molar-refractivity contribution in [1.29, 1.82) is 0 Å². The standard InChI is InChI=1S/C14H17F3N2O2/c1-21-12(20)8-4-5-9-13(14(15,16)17)18-10-6-2-3-7-11(10)19-13/h2-3,6-7,18-19H,4-5,8-9H2,1H3. The van der Waals surface area contributed by atoms with E-state index < -0.39 is 17.8 Å². The van der Waals surface area contributed by atoms with Crippen molar-refractivity contribution in [2.45, 2.75) is 37.5 Å². The van der Waals surface area contributed by atoms with Gasteiger partial charge in [0, 0.05) is 6.42 Å². The molecule has 1 aliphatic rings. The fourth-order valence-corrected chi connectivity index (χ4v) is 2.36. The van der Waals surface area contributed by atoms with Gasteiger partial charge in [0.15, 0.2) is 0 Å². The van der Waals surface area contributed by atoms with E-state index in [1.807, 2.05) is 0 Å². The number of benzene rings is 1. The van der Waals surface area contributed by atoms with Crippen LogP contribution in [0.25, 0.3) is 0 Å². The van der Waals surface area contributed by atoms with Gasteiger partial charge in [-0.05, 0) is 31.4 Å². The summed E-state index contributed by atoms with van der Waals surface area (Å²) in [5.74, 6) is -0.410. The Morgan fingerprint density at radius 1 is 1.19 bits per heavy atom. The topological polar surface area (TPSA) is 50.4 Å². The SMILES string of the molecule is COC(=O)CCCCC1(C(F)(F)F)Nc2ccccc2N1. The van der Waals surface area contributed by atoms with E-state index in [2.05, 4.69) is 15.4 Å². The van der Waals surface area contributed by atoms with E-state index >= 15 is 0 Å². The first-order valence-corrected chi connectivity index (χ1v) is 6.67. The molecule has 0 radical (unpaired) electrons. The molecule has 1 heterocycles. The summed E-state index contributed by atoms with van der Waals surface area (Å²) in [4.78, 5) is 11.0. The first kappa shape index (κ1) is 15.5. The first-order valence-electron chi connectivity index (χ1n) is 6.67. The summed E-state index contributed by atoms with van der Waals surface area (Å²) in [5, 5.41) is 5.08. The summed E-state index contributed by atoms with van der Waals surface area (Å²) in [7, 11) is 1.26. The Morgan fingerprint density at radius 2 is 1.76 bits per heavy atom. The Hall–Kier alpha value is -1.92. The van der Waals surface area contributed by atoms with Crippen LogP contribution in [0.15, 0.2) is 24.3 Å². The average Bonchev–Trinajstić information content (AvgIpc) is 2.82. The van der Waals surface area contributed by atoms with E-state index in [4.69, 9.17) is 0 Å². The number of carbonyl (C=O) groups excluding carboxylic acids is 1. The number of anilines is 2. The monoisotopic (exact) mass is 302 g/mol. The number of ether oxygens (including phenoxy) is 1. The largest absolute Gasteiger partial charge is 0.469 e. The minimum absolute atomic E-state index is 0.122. The first-order chi connectivity index (χ1) is 9.88. The van der Waals surface area contributed by atoms with Crippen LogP contribution in [-0.4, -0.2) is 24.9 Å². The molecule has 0 spiro atoms. The summed E-state index contributed by atoms with van der Waals surface area (Å²) >= 11 is 0. The van der Waals surface area contributed by atoms with Crippen LogP contribution in [0.2, 0.25) is 0 Å². The molecular weight excluding hydrogens is 285 g/mol. The predicted molar refractivity (Wildman–Crippen MR) is 73.0 cm³/mol. The summed E-state index contributed by atoms with van der Waals surface area (Å²) in [6.45, 7) is 0. The van der Waals surface area contributed by atoms with Gasteiger partial charge in [-0.2, -0.15) is 13.2 Å². The number of esters is 1. The zero-order valence-corrected chi connectivity index (χ0v) is 11.6.